The summed E-state index contributed by atoms with van der Waals surface area (Å²) in [5.74, 6) is -0.589. The Morgan fingerprint density at radius 2 is 1.71 bits per heavy atom. The first kappa shape index (κ1) is 13.8. The van der Waals surface area contributed by atoms with E-state index in [1.165, 1.54) is 12.1 Å². The topological polar surface area (TPSA) is 29.1 Å². The van der Waals surface area contributed by atoms with Crippen LogP contribution in [0.4, 0.5) is 10.1 Å². The molecule has 4 heteroatoms. The summed E-state index contributed by atoms with van der Waals surface area (Å²) in [7, 11) is 0. The fourth-order valence-corrected chi connectivity index (χ4v) is 2.62. The van der Waals surface area contributed by atoms with Gasteiger partial charge in [0.2, 0.25) is 0 Å². The highest BCUT2D eigenvalue weighted by Gasteiger charge is 2.12. The van der Waals surface area contributed by atoms with E-state index in [0.717, 1.165) is 4.47 Å². The summed E-state index contributed by atoms with van der Waals surface area (Å²) in [6, 6.07) is 17.1. The van der Waals surface area contributed by atoms with Crippen LogP contribution in [-0.2, 0) is 0 Å². The van der Waals surface area contributed by atoms with Crippen molar-refractivity contribution < 1.29 is 9.18 Å². The van der Waals surface area contributed by atoms with E-state index in [-0.39, 0.29) is 11.7 Å². The van der Waals surface area contributed by atoms with Gasteiger partial charge < -0.3 is 5.32 Å². The van der Waals surface area contributed by atoms with Gasteiger partial charge in [-0.2, -0.15) is 0 Å². The van der Waals surface area contributed by atoms with Gasteiger partial charge in [0, 0.05) is 21.1 Å². The molecule has 0 aliphatic heterocycles. The fourth-order valence-electron chi connectivity index (χ4n) is 2.22. The lowest BCUT2D eigenvalue weighted by Gasteiger charge is -2.09. The summed E-state index contributed by atoms with van der Waals surface area (Å²) in [5.41, 5.74) is 1.13. The normalized spacial score (nSPS) is 10.6. The smallest absolute Gasteiger partial charge is 0.256 e. The van der Waals surface area contributed by atoms with Crippen molar-refractivity contribution in [3.63, 3.8) is 0 Å². The highest BCUT2D eigenvalue weighted by molar-refractivity contribution is 9.10. The van der Waals surface area contributed by atoms with Crippen molar-refractivity contribution in [2.24, 2.45) is 0 Å². The Labute approximate surface area is 129 Å². The minimum Gasteiger partial charge on any atom is -0.322 e. The molecule has 3 rings (SSSR count). The van der Waals surface area contributed by atoms with Crippen LogP contribution in [-0.4, -0.2) is 5.91 Å². The molecule has 0 radical (unpaired) electrons. The third-order valence-electron chi connectivity index (χ3n) is 3.20. The molecule has 0 aliphatic rings. The Balaban J connectivity index is 2.01. The number of amides is 1. The molecular formula is C17H11BrFNO. The number of carbonyl (C=O) groups is 1. The maximum Gasteiger partial charge on any atom is 0.256 e. The molecule has 0 aliphatic carbocycles. The van der Waals surface area contributed by atoms with Crippen LogP contribution in [0.5, 0.6) is 0 Å². The van der Waals surface area contributed by atoms with E-state index in [9.17, 15) is 9.18 Å². The molecule has 0 fully saturated rings. The van der Waals surface area contributed by atoms with Crippen molar-refractivity contribution in [1.29, 1.82) is 0 Å². The SMILES string of the molecule is O=C(Nc1cccc(Br)c1)c1ccc(F)c2ccccc12. The third-order valence-corrected chi connectivity index (χ3v) is 3.69. The largest absolute Gasteiger partial charge is 0.322 e. The Morgan fingerprint density at radius 1 is 0.952 bits per heavy atom. The van der Waals surface area contributed by atoms with E-state index in [0.29, 0.717) is 22.0 Å². The number of hydrogen-bond donors (Lipinski definition) is 1. The summed E-state index contributed by atoms with van der Waals surface area (Å²) in [5, 5.41) is 3.86. The molecule has 0 saturated heterocycles. The van der Waals surface area contributed by atoms with Crippen LogP contribution in [0.1, 0.15) is 10.4 Å². The van der Waals surface area contributed by atoms with Gasteiger partial charge in [0.05, 0.1) is 0 Å². The Kier molecular flexibility index (Phi) is 3.71. The molecular weight excluding hydrogens is 333 g/mol. The fraction of sp³-hybridized carbons (Fsp3) is 0. The minimum atomic E-state index is -0.329. The van der Waals surface area contributed by atoms with Crippen LogP contribution in [0.2, 0.25) is 0 Å². The Hall–Kier alpha value is -2.20. The van der Waals surface area contributed by atoms with Crippen molar-refractivity contribution in [3.8, 4) is 0 Å². The number of carbonyl (C=O) groups excluding carboxylic acids is 1. The number of anilines is 1. The second-order valence-corrected chi connectivity index (χ2v) is 5.52. The van der Waals surface area contributed by atoms with Crippen LogP contribution in [0.3, 0.4) is 0 Å². The second-order valence-electron chi connectivity index (χ2n) is 4.61. The number of nitrogens with one attached hydrogen (secondary N) is 1. The first-order valence-electron chi connectivity index (χ1n) is 6.39. The number of hydrogen-bond acceptors (Lipinski definition) is 1. The predicted octanol–water partition coefficient (Wildman–Crippen LogP) is 4.99. The van der Waals surface area contributed by atoms with Gasteiger partial charge in [0.15, 0.2) is 0 Å². The average molecular weight is 344 g/mol. The van der Waals surface area contributed by atoms with Crippen molar-refractivity contribution in [1.82, 2.24) is 0 Å². The molecule has 0 bridgehead atoms. The molecule has 21 heavy (non-hydrogen) atoms. The highest BCUT2D eigenvalue weighted by Crippen LogP contribution is 2.23. The molecule has 0 spiro atoms. The van der Waals surface area contributed by atoms with Crippen LogP contribution < -0.4 is 5.32 Å². The van der Waals surface area contributed by atoms with Gasteiger partial charge >= 0.3 is 0 Å². The average Bonchev–Trinajstić information content (AvgIpc) is 2.48. The molecule has 1 N–H and O–H groups in total. The first-order chi connectivity index (χ1) is 10.1. The van der Waals surface area contributed by atoms with Gasteiger partial charge in [0.25, 0.3) is 5.91 Å². The highest BCUT2D eigenvalue weighted by atomic mass is 79.9. The van der Waals surface area contributed by atoms with Gasteiger partial charge in [-0.3, -0.25) is 4.79 Å². The molecule has 1 amide bonds. The summed E-state index contributed by atoms with van der Waals surface area (Å²) >= 11 is 3.36. The van der Waals surface area contributed by atoms with Crippen molar-refractivity contribution >= 4 is 38.3 Å². The molecule has 3 aromatic carbocycles. The Bertz CT molecular complexity index is 832. The molecule has 0 aromatic heterocycles. The van der Waals surface area contributed by atoms with E-state index in [4.69, 9.17) is 0 Å². The lowest BCUT2D eigenvalue weighted by molar-refractivity contribution is 0.102. The quantitative estimate of drug-likeness (QED) is 0.697. The van der Waals surface area contributed by atoms with Gasteiger partial charge in [-0.15, -0.1) is 0 Å². The van der Waals surface area contributed by atoms with E-state index in [1.807, 2.05) is 18.2 Å². The summed E-state index contributed by atoms with van der Waals surface area (Å²) < 4.78 is 14.7. The van der Waals surface area contributed by atoms with Gasteiger partial charge in [-0.1, -0.05) is 46.3 Å². The number of halogens is 2. The van der Waals surface area contributed by atoms with Crippen LogP contribution in [0.25, 0.3) is 10.8 Å². The summed E-state index contributed by atoms with van der Waals surface area (Å²) in [4.78, 5) is 12.4. The van der Waals surface area contributed by atoms with Gasteiger partial charge in [0.1, 0.15) is 5.82 Å². The van der Waals surface area contributed by atoms with Crippen molar-refractivity contribution in [2.75, 3.05) is 5.32 Å². The van der Waals surface area contributed by atoms with E-state index < -0.39 is 0 Å². The minimum absolute atomic E-state index is 0.260. The van der Waals surface area contributed by atoms with E-state index in [1.54, 1.807) is 30.3 Å². The van der Waals surface area contributed by atoms with Crippen LogP contribution >= 0.6 is 15.9 Å². The lowest BCUT2D eigenvalue weighted by Crippen LogP contribution is -2.12. The van der Waals surface area contributed by atoms with E-state index >= 15 is 0 Å². The van der Waals surface area contributed by atoms with Gasteiger partial charge in [-0.05, 0) is 35.7 Å². The summed E-state index contributed by atoms with van der Waals surface area (Å²) in [6.07, 6.45) is 0. The number of benzene rings is 3. The zero-order chi connectivity index (χ0) is 14.8. The Morgan fingerprint density at radius 3 is 2.48 bits per heavy atom. The zero-order valence-electron chi connectivity index (χ0n) is 10.9. The maximum atomic E-state index is 13.8. The standard InChI is InChI=1S/C17H11BrFNO/c18-11-4-3-5-12(10-11)20-17(21)15-8-9-16(19)14-7-2-1-6-13(14)15/h1-10H,(H,20,21). The first-order valence-corrected chi connectivity index (χ1v) is 7.18. The third kappa shape index (κ3) is 2.81. The number of rotatable bonds is 2. The lowest BCUT2D eigenvalue weighted by atomic mass is 10.0. The molecule has 0 atom stereocenters. The second kappa shape index (κ2) is 5.66. The maximum absolute atomic E-state index is 13.8. The zero-order valence-corrected chi connectivity index (χ0v) is 12.5. The predicted molar refractivity (Wildman–Crippen MR) is 86.0 cm³/mol. The molecule has 0 unspecified atom stereocenters. The number of fused-ring (bicyclic) bond motifs is 1. The summed E-state index contributed by atoms with van der Waals surface area (Å²) in [6.45, 7) is 0. The molecule has 0 heterocycles. The van der Waals surface area contributed by atoms with Crippen molar-refractivity contribution in [3.05, 3.63) is 76.5 Å². The van der Waals surface area contributed by atoms with Crippen LogP contribution in [0, 0.1) is 5.82 Å². The van der Waals surface area contributed by atoms with Crippen molar-refractivity contribution in [2.45, 2.75) is 0 Å². The molecule has 0 saturated carbocycles. The monoisotopic (exact) mass is 343 g/mol. The molecule has 3 aromatic rings. The van der Waals surface area contributed by atoms with Gasteiger partial charge in [-0.25, -0.2) is 4.39 Å². The molecule has 104 valence electrons. The van der Waals surface area contributed by atoms with Crippen LogP contribution in [0.15, 0.2) is 65.1 Å². The molecule has 2 nitrogen and oxygen atoms in total. The van der Waals surface area contributed by atoms with E-state index in [2.05, 4.69) is 21.2 Å².